The first-order valence-electron chi connectivity index (χ1n) is 6.27. The number of oxime groups is 2. The van der Waals surface area contributed by atoms with Gasteiger partial charge in [-0.05, 0) is 11.6 Å². The average Bonchev–Trinajstić information content (AvgIpc) is 2.55. The number of nitrogens with one attached hydrogen (secondary N) is 1. The lowest BCUT2D eigenvalue weighted by Gasteiger charge is -2.10. The van der Waals surface area contributed by atoms with Gasteiger partial charge in [-0.3, -0.25) is 5.32 Å². The first-order chi connectivity index (χ1) is 10.7. The van der Waals surface area contributed by atoms with Crippen molar-refractivity contribution in [3.05, 3.63) is 54.6 Å². The molecule has 0 radical (unpaired) electrons. The van der Waals surface area contributed by atoms with E-state index < -0.39 is 6.09 Å². The van der Waals surface area contributed by atoms with E-state index in [1.807, 2.05) is 42.5 Å². The maximum absolute atomic E-state index is 11.8. The summed E-state index contributed by atoms with van der Waals surface area (Å²) in [5.74, 6) is -0.0193. The van der Waals surface area contributed by atoms with Gasteiger partial charge in [0, 0.05) is 5.56 Å². The van der Waals surface area contributed by atoms with Crippen LogP contribution in [0.3, 0.4) is 0 Å². The van der Waals surface area contributed by atoms with E-state index in [1.54, 1.807) is 12.1 Å². The van der Waals surface area contributed by atoms with Crippen molar-refractivity contribution in [2.45, 2.75) is 0 Å². The molecule has 0 aliphatic carbocycles. The molecule has 2 rings (SSSR count). The number of hydrogen-bond acceptors (Lipinski definition) is 6. The molecule has 0 aliphatic rings. The molecule has 0 unspecified atom stereocenters. The smallest absolute Gasteiger partial charge is 0.411 e. The highest BCUT2D eigenvalue weighted by molar-refractivity contribution is 6.32. The molecule has 2 aromatic rings. The highest BCUT2D eigenvalue weighted by Gasteiger charge is 2.11. The van der Waals surface area contributed by atoms with Crippen molar-refractivity contribution in [3.8, 4) is 16.9 Å². The molecule has 7 nitrogen and oxygen atoms in total. The minimum Gasteiger partial charge on any atom is -0.411 e. The topological polar surface area (TPSA) is 104 Å². The van der Waals surface area contributed by atoms with Crippen LogP contribution in [0.5, 0.6) is 5.75 Å². The Labute approximate surface area is 126 Å². The molecule has 0 spiro atoms. The molecule has 3 N–H and O–H groups in total. The van der Waals surface area contributed by atoms with E-state index in [2.05, 4.69) is 15.6 Å². The Morgan fingerprint density at radius 2 is 1.73 bits per heavy atom. The molecule has 1 amide bonds. The molecule has 2 aromatic carbocycles. The lowest BCUT2D eigenvalue weighted by Crippen LogP contribution is -2.34. The van der Waals surface area contributed by atoms with Gasteiger partial charge in [-0.2, -0.15) is 0 Å². The first kappa shape index (κ1) is 15.0. The zero-order valence-electron chi connectivity index (χ0n) is 11.4. The molecule has 22 heavy (non-hydrogen) atoms. The highest BCUT2D eigenvalue weighted by Crippen LogP contribution is 2.29. The van der Waals surface area contributed by atoms with E-state index in [0.29, 0.717) is 5.75 Å². The molecule has 0 aromatic heterocycles. The number of amidine groups is 1. The van der Waals surface area contributed by atoms with Gasteiger partial charge in [0.15, 0.2) is 5.84 Å². The van der Waals surface area contributed by atoms with Gasteiger partial charge < -0.3 is 15.2 Å². The zero-order valence-corrected chi connectivity index (χ0v) is 11.4. The Balaban J connectivity index is 2.19. The molecule has 0 atom stereocenters. The summed E-state index contributed by atoms with van der Waals surface area (Å²) >= 11 is 0. The van der Waals surface area contributed by atoms with Gasteiger partial charge in [0.05, 0.1) is 0 Å². The van der Waals surface area contributed by atoms with Gasteiger partial charge in [0.2, 0.25) is 0 Å². The molecular weight excluding hydrogens is 286 g/mol. The third-order valence-electron chi connectivity index (χ3n) is 2.69. The molecule has 0 bridgehead atoms. The van der Waals surface area contributed by atoms with Crippen LogP contribution in [0.2, 0.25) is 0 Å². The molecule has 7 heteroatoms. The van der Waals surface area contributed by atoms with Gasteiger partial charge >= 0.3 is 6.09 Å². The maximum Gasteiger partial charge on any atom is 0.418 e. The molecule has 0 saturated carbocycles. The molecule has 0 saturated heterocycles. The number of ether oxygens (including phenoxy) is 1. The summed E-state index contributed by atoms with van der Waals surface area (Å²) in [6, 6.07) is 16.4. The molecule has 0 heterocycles. The SMILES string of the molecule is O=C(NC(C=NO)=NO)Oc1ccccc1-c1ccccc1. The number of para-hydroxylation sites is 1. The van der Waals surface area contributed by atoms with E-state index in [4.69, 9.17) is 15.2 Å². The Kier molecular flexibility index (Phi) is 5.09. The Bertz CT molecular complexity index is 699. The van der Waals surface area contributed by atoms with Crippen LogP contribution in [-0.2, 0) is 0 Å². The number of benzene rings is 2. The van der Waals surface area contributed by atoms with Crippen LogP contribution in [0.15, 0.2) is 64.9 Å². The summed E-state index contributed by atoms with van der Waals surface area (Å²) in [5, 5.41) is 24.5. The number of hydrogen-bond donors (Lipinski definition) is 3. The van der Waals surface area contributed by atoms with E-state index in [-0.39, 0.29) is 5.84 Å². The molecular formula is C15H13N3O4. The van der Waals surface area contributed by atoms with Crippen molar-refractivity contribution in [2.24, 2.45) is 10.3 Å². The van der Waals surface area contributed by atoms with Crippen molar-refractivity contribution in [1.82, 2.24) is 5.32 Å². The third kappa shape index (κ3) is 3.83. The normalized spacial score (nSPS) is 11.4. The minimum absolute atomic E-state index is 0.337. The highest BCUT2D eigenvalue weighted by atomic mass is 16.6. The molecule has 0 fully saturated rings. The quantitative estimate of drug-likeness (QED) is 0.351. The number of carbonyl (C=O) groups is 1. The van der Waals surface area contributed by atoms with Gasteiger partial charge in [-0.25, -0.2) is 4.79 Å². The number of amides is 1. The van der Waals surface area contributed by atoms with Gasteiger partial charge in [0.1, 0.15) is 12.0 Å². The predicted octanol–water partition coefficient (Wildman–Crippen LogP) is 2.69. The second-order valence-corrected chi connectivity index (χ2v) is 4.11. The fourth-order valence-electron chi connectivity index (χ4n) is 1.78. The summed E-state index contributed by atoms with van der Waals surface area (Å²) in [7, 11) is 0. The van der Waals surface area contributed by atoms with E-state index in [1.165, 1.54) is 0 Å². The largest absolute Gasteiger partial charge is 0.418 e. The number of nitrogens with zero attached hydrogens (tertiary/aromatic N) is 2. The Morgan fingerprint density at radius 1 is 1.05 bits per heavy atom. The van der Waals surface area contributed by atoms with E-state index in [0.717, 1.165) is 17.3 Å². The number of rotatable bonds is 3. The number of carbonyl (C=O) groups excluding carboxylic acids is 1. The minimum atomic E-state index is -0.879. The van der Waals surface area contributed by atoms with Crippen LogP contribution in [0.1, 0.15) is 0 Å². The van der Waals surface area contributed by atoms with E-state index >= 15 is 0 Å². The standard InChI is InChI=1S/C15H13N3O4/c19-15(17-14(18-21)10-16-20)22-13-9-5-4-8-12(13)11-6-2-1-3-7-11/h1-10,20-21H,(H,17,18,19). The van der Waals surface area contributed by atoms with E-state index in [9.17, 15) is 4.79 Å². The second kappa shape index (κ2) is 7.44. The average molecular weight is 299 g/mol. The Hall–Kier alpha value is -3.35. The lowest BCUT2D eigenvalue weighted by molar-refractivity contribution is 0.205. The summed E-state index contributed by atoms with van der Waals surface area (Å²) in [6.45, 7) is 0. The van der Waals surface area contributed by atoms with Gasteiger partial charge in [-0.15, -0.1) is 0 Å². The maximum atomic E-state index is 11.8. The van der Waals surface area contributed by atoms with Crippen molar-refractivity contribution >= 4 is 18.1 Å². The lowest BCUT2D eigenvalue weighted by atomic mass is 10.1. The monoisotopic (exact) mass is 299 g/mol. The molecule has 0 aliphatic heterocycles. The van der Waals surface area contributed by atoms with Crippen LogP contribution in [0.4, 0.5) is 4.79 Å². The first-order valence-corrected chi connectivity index (χ1v) is 6.27. The van der Waals surface area contributed by atoms with Crippen LogP contribution >= 0.6 is 0 Å². The van der Waals surface area contributed by atoms with Crippen molar-refractivity contribution in [2.75, 3.05) is 0 Å². The fraction of sp³-hybridized carbons (Fsp3) is 0. The van der Waals surface area contributed by atoms with Crippen molar-refractivity contribution in [1.29, 1.82) is 0 Å². The van der Waals surface area contributed by atoms with Crippen LogP contribution in [0, 0.1) is 0 Å². The summed E-state index contributed by atoms with van der Waals surface area (Å²) in [6.07, 6.45) is -0.124. The van der Waals surface area contributed by atoms with Crippen molar-refractivity contribution in [3.63, 3.8) is 0 Å². The zero-order chi connectivity index (χ0) is 15.8. The fourth-order valence-corrected chi connectivity index (χ4v) is 1.78. The van der Waals surface area contributed by atoms with Crippen LogP contribution in [-0.4, -0.2) is 28.6 Å². The van der Waals surface area contributed by atoms with Crippen LogP contribution < -0.4 is 10.1 Å². The summed E-state index contributed by atoms with van der Waals surface area (Å²) in [5.41, 5.74) is 1.62. The van der Waals surface area contributed by atoms with Crippen LogP contribution in [0.25, 0.3) is 11.1 Å². The predicted molar refractivity (Wildman–Crippen MR) is 80.5 cm³/mol. The summed E-state index contributed by atoms with van der Waals surface area (Å²) in [4.78, 5) is 11.8. The van der Waals surface area contributed by atoms with Gasteiger partial charge in [0.25, 0.3) is 0 Å². The molecule has 112 valence electrons. The Morgan fingerprint density at radius 3 is 2.41 bits per heavy atom. The second-order valence-electron chi connectivity index (χ2n) is 4.11. The summed E-state index contributed by atoms with van der Waals surface area (Å²) < 4.78 is 5.19. The third-order valence-corrected chi connectivity index (χ3v) is 2.69. The van der Waals surface area contributed by atoms with Gasteiger partial charge in [-0.1, -0.05) is 58.8 Å². The van der Waals surface area contributed by atoms with Crippen molar-refractivity contribution < 1.29 is 19.9 Å².